The lowest BCUT2D eigenvalue weighted by Gasteiger charge is -2.32. The molecule has 0 radical (unpaired) electrons. The Morgan fingerprint density at radius 3 is 2.32 bits per heavy atom. The Bertz CT molecular complexity index is 437. The number of hydrogen-bond acceptors (Lipinski definition) is 3. The average molecular weight is 329 g/mol. The molecule has 0 atom stereocenters. The molecule has 1 aromatic rings. The summed E-state index contributed by atoms with van der Waals surface area (Å²) in [7, 11) is 0. The largest absolute Gasteiger partial charge is 0.307 e. The molecule has 0 heterocycles. The number of nitrogens with zero attached hydrogens (tertiary/aromatic N) is 1. The second kappa shape index (κ2) is 7.01. The molecule has 1 rings (SSSR count). The summed E-state index contributed by atoms with van der Waals surface area (Å²) < 4.78 is 0.522. The maximum absolute atomic E-state index is 10.9. The molecule has 0 aliphatic carbocycles. The van der Waals surface area contributed by atoms with Crippen molar-refractivity contribution in [2.24, 2.45) is 0 Å². The van der Waals surface area contributed by atoms with Crippen molar-refractivity contribution in [2.75, 3.05) is 0 Å². The van der Waals surface area contributed by atoms with Crippen LogP contribution in [0.4, 0.5) is 5.69 Å². The molecule has 0 unspecified atom stereocenters. The highest BCUT2D eigenvalue weighted by Crippen LogP contribution is 2.26. The first-order valence-corrected chi connectivity index (χ1v) is 7.45. The predicted octanol–water partition coefficient (Wildman–Crippen LogP) is 4.42. The molecule has 1 aromatic carbocycles. The predicted molar refractivity (Wildman–Crippen MR) is 81.2 cm³/mol. The molecule has 0 aliphatic rings. The van der Waals surface area contributed by atoms with Crippen molar-refractivity contribution in [3.63, 3.8) is 0 Å². The number of hydrogen-bond donors (Lipinski definition) is 1. The van der Waals surface area contributed by atoms with Gasteiger partial charge < -0.3 is 5.32 Å². The monoisotopic (exact) mass is 328 g/mol. The van der Waals surface area contributed by atoms with E-state index in [0.717, 1.165) is 24.8 Å². The van der Waals surface area contributed by atoms with Crippen molar-refractivity contribution in [3.8, 4) is 0 Å². The van der Waals surface area contributed by atoms with Gasteiger partial charge in [-0.05, 0) is 46.8 Å². The van der Waals surface area contributed by atoms with E-state index in [2.05, 4.69) is 42.0 Å². The number of nitro groups is 1. The maximum Gasteiger partial charge on any atom is 0.283 e. The number of nitrogens with one attached hydrogen (secondary N) is 1. The summed E-state index contributed by atoms with van der Waals surface area (Å²) in [5.74, 6) is 0. The summed E-state index contributed by atoms with van der Waals surface area (Å²) in [6, 6.07) is 5.28. The highest BCUT2D eigenvalue weighted by atomic mass is 79.9. The van der Waals surface area contributed by atoms with Crippen LogP contribution in [0.3, 0.4) is 0 Å². The van der Waals surface area contributed by atoms with Gasteiger partial charge >= 0.3 is 0 Å². The molecule has 0 aromatic heterocycles. The summed E-state index contributed by atoms with van der Waals surface area (Å²) in [6.07, 6.45) is 3.16. The van der Waals surface area contributed by atoms with Gasteiger partial charge in [-0.1, -0.05) is 26.8 Å². The van der Waals surface area contributed by atoms with Crippen LogP contribution in [0.25, 0.3) is 0 Å². The van der Waals surface area contributed by atoms with E-state index in [1.165, 1.54) is 0 Å². The van der Waals surface area contributed by atoms with Crippen LogP contribution in [-0.2, 0) is 6.54 Å². The molecule has 1 N–H and O–H groups in total. The summed E-state index contributed by atoms with van der Waals surface area (Å²) in [4.78, 5) is 10.5. The van der Waals surface area contributed by atoms with Crippen molar-refractivity contribution in [1.82, 2.24) is 5.32 Å². The Morgan fingerprint density at radius 1 is 1.26 bits per heavy atom. The fourth-order valence-electron chi connectivity index (χ4n) is 2.22. The smallest absolute Gasteiger partial charge is 0.283 e. The molecule has 0 bridgehead atoms. The molecule has 4 nitrogen and oxygen atoms in total. The molecular weight excluding hydrogens is 308 g/mol. The van der Waals surface area contributed by atoms with Gasteiger partial charge in [0.1, 0.15) is 0 Å². The van der Waals surface area contributed by atoms with E-state index in [1.807, 2.05) is 6.07 Å². The number of rotatable bonds is 7. The Balaban J connectivity index is 2.83. The van der Waals surface area contributed by atoms with Gasteiger partial charge in [-0.25, -0.2) is 0 Å². The first kappa shape index (κ1) is 16.1. The Hall–Kier alpha value is -0.940. The van der Waals surface area contributed by atoms with Crippen LogP contribution in [0.1, 0.15) is 45.6 Å². The van der Waals surface area contributed by atoms with E-state index < -0.39 is 0 Å². The second-order valence-electron chi connectivity index (χ2n) is 4.74. The summed E-state index contributed by atoms with van der Waals surface area (Å²) >= 11 is 3.20. The third-order valence-electron chi connectivity index (χ3n) is 3.91. The highest BCUT2D eigenvalue weighted by Gasteiger charge is 2.23. The third-order valence-corrected chi connectivity index (χ3v) is 4.58. The highest BCUT2D eigenvalue weighted by molar-refractivity contribution is 9.10. The molecule has 0 amide bonds. The molecule has 0 saturated carbocycles. The quantitative estimate of drug-likeness (QED) is 0.595. The first-order valence-electron chi connectivity index (χ1n) is 6.65. The molecule has 0 saturated heterocycles. The zero-order valence-electron chi connectivity index (χ0n) is 11.7. The topological polar surface area (TPSA) is 55.2 Å². The lowest BCUT2D eigenvalue weighted by molar-refractivity contribution is -0.385. The maximum atomic E-state index is 10.9. The van der Waals surface area contributed by atoms with Crippen molar-refractivity contribution < 1.29 is 4.92 Å². The van der Waals surface area contributed by atoms with Gasteiger partial charge in [-0.3, -0.25) is 10.1 Å². The van der Waals surface area contributed by atoms with Gasteiger partial charge in [0.25, 0.3) is 5.69 Å². The summed E-state index contributed by atoms with van der Waals surface area (Å²) in [5.41, 5.74) is 1.19. The zero-order valence-corrected chi connectivity index (χ0v) is 13.3. The fourth-order valence-corrected chi connectivity index (χ4v) is 2.61. The van der Waals surface area contributed by atoms with Gasteiger partial charge in [0.15, 0.2) is 0 Å². The van der Waals surface area contributed by atoms with Gasteiger partial charge in [0.05, 0.1) is 9.40 Å². The molecule has 106 valence electrons. The van der Waals surface area contributed by atoms with Gasteiger partial charge in [-0.2, -0.15) is 0 Å². The van der Waals surface area contributed by atoms with E-state index in [9.17, 15) is 10.1 Å². The molecule has 5 heteroatoms. The Morgan fingerprint density at radius 2 is 1.84 bits per heavy atom. The van der Waals surface area contributed by atoms with E-state index in [-0.39, 0.29) is 16.1 Å². The minimum atomic E-state index is -0.361. The average Bonchev–Trinajstić information content (AvgIpc) is 2.42. The number of halogens is 1. The van der Waals surface area contributed by atoms with Gasteiger partial charge in [0, 0.05) is 18.2 Å². The van der Waals surface area contributed by atoms with Crippen LogP contribution in [0, 0.1) is 10.1 Å². The second-order valence-corrected chi connectivity index (χ2v) is 5.59. The van der Waals surface area contributed by atoms with Gasteiger partial charge in [-0.15, -0.1) is 0 Å². The minimum absolute atomic E-state index is 0.120. The van der Waals surface area contributed by atoms with E-state index >= 15 is 0 Å². The van der Waals surface area contributed by atoms with Crippen molar-refractivity contribution in [2.45, 2.75) is 52.1 Å². The van der Waals surface area contributed by atoms with Crippen molar-refractivity contribution in [1.29, 1.82) is 0 Å². The minimum Gasteiger partial charge on any atom is -0.307 e. The summed E-state index contributed by atoms with van der Waals surface area (Å²) in [6.45, 7) is 7.17. The lowest BCUT2D eigenvalue weighted by Crippen LogP contribution is -2.43. The van der Waals surface area contributed by atoms with Crippen LogP contribution in [0.15, 0.2) is 22.7 Å². The van der Waals surface area contributed by atoms with E-state index in [4.69, 9.17) is 0 Å². The van der Waals surface area contributed by atoms with Crippen molar-refractivity contribution >= 4 is 21.6 Å². The molecule has 0 aliphatic heterocycles. The first-order chi connectivity index (χ1) is 8.98. The lowest BCUT2D eigenvalue weighted by atomic mass is 9.89. The number of nitro benzene ring substituents is 1. The Labute approximate surface area is 122 Å². The Kier molecular flexibility index (Phi) is 5.94. The van der Waals surface area contributed by atoms with Crippen LogP contribution in [-0.4, -0.2) is 10.5 Å². The third kappa shape index (κ3) is 4.01. The molecule has 0 spiro atoms. The SMILES string of the molecule is CCC(CC)(CC)NCc1ccc(Br)c([N+](=O)[O-])c1. The van der Waals surface area contributed by atoms with E-state index in [0.29, 0.717) is 11.0 Å². The van der Waals surface area contributed by atoms with Crippen LogP contribution in [0.5, 0.6) is 0 Å². The standard InChI is InChI=1S/C14H21BrN2O2/c1-4-14(5-2,6-3)16-10-11-7-8-12(15)13(9-11)17(18)19/h7-9,16H,4-6,10H2,1-3H3. The summed E-state index contributed by atoms with van der Waals surface area (Å²) in [5, 5.41) is 14.4. The van der Waals surface area contributed by atoms with Crippen LogP contribution >= 0.6 is 15.9 Å². The molecule has 0 fully saturated rings. The number of benzene rings is 1. The molecular formula is C14H21BrN2O2. The van der Waals surface area contributed by atoms with Crippen LogP contribution in [0.2, 0.25) is 0 Å². The zero-order chi connectivity index (χ0) is 14.5. The fraction of sp³-hybridized carbons (Fsp3) is 0.571. The van der Waals surface area contributed by atoms with Gasteiger partial charge in [0.2, 0.25) is 0 Å². The van der Waals surface area contributed by atoms with Crippen LogP contribution < -0.4 is 5.32 Å². The normalized spacial score (nSPS) is 11.6. The van der Waals surface area contributed by atoms with Crippen molar-refractivity contribution in [3.05, 3.63) is 38.3 Å². The van der Waals surface area contributed by atoms with E-state index in [1.54, 1.807) is 12.1 Å². The molecule has 19 heavy (non-hydrogen) atoms.